The number of piperidine rings is 3. The van der Waals surface area contributed by atoms with Crippen molar-refractivity contribution in [3.05, 3.63) is 71.3 Å². The smallest absolute Gasteiger partial charge is 0.410 e. The van der Waals surface area contributed by atoms with Crippen LogP contribution < -0.4 is 0 Å². The molecule has 28 heavy (non-hydrogen) atoms. The number of benzene rings is 2. The van der Waals surface area contributed by atoms with Gasteiger partial charge in [-0.15, -0.1) is 12.4 Å². The molecule has 1 amide bonds. The Hall–Kier alpha value is -2.04. The van der Waals surface area contributed by atoms with Gasteiger partial charge in [0.15, 0.2) is 0 Å². The molecule has 4 heterocycles. The molecule has 6 rings (SSSR count). The normalized spacial score (nSPS) is 28.2. The van der Waals surface area contributed by atoms with Crippen LogP contribution in [0.3, 0.4) is 0 Å². The summed E-state index contributed by atoms with van der Waals surface area (Å²) in [6.45, 7) is 3.91. The van der Waals surface area contributed by atoms with E-state index in [4.69, 9.17) is 4.74 Å². The van der Waals surface area contributed by atoms with Gasteiger partial charge in [0.25, 0.3) is 0 Å². The summed E-state index contributed by atoms with van der Waals surface area (Å²) in [6, 6.07) is 18.8. The third-order valence-electron chi connectivity index (χ3n) is 6.48. The molecule has 148 valence electrons. The number of hydrogen-bond acceptors (Lipinski definition) is 3. The number of nitrogens with zero attached hydrogens (tertiary/aromatic N) is 2. The molecule has 0 radical (unpaired) electrons. The Morgan fingerprint density at radius 3 is 2.36 bits per heavy atom. The van der Waals surface area contributed by atoms with E-state index in [-0.39, 0.29) is 30.6 Å². The average Bonchev–Trinajstić information content (AvgIpc) is 2.74. The maximum Gasteiger partial charge on any atom is 0.410 e. The molecule has 4 aliphatic rings. The lowest BCUT2D eigenvalue weighted by molar-refractivity contribution is -0.0462. The van der Waals surface area contributed by atoms with Gasteiger partial charge in [-0.05, 0) is 55.0 Å². The lowest BCUT2D eigenvalue weighted by atomic mass is 9.86. The van der Waals surface area contributed by atoms with E-state index in [2.05, 4.69) is 41.3 Å². The van der Waals surface area contributed by atoms with Crippen molar-refractivity contribution in [2.45, 2.75) is 31.4 Å². The maximum absolute atomic E-state index is 13.2. The number of hydrogen-bond donors (Lipinski definition) is 0. The number of carbonyl (C=O) groups is 1. The zero-order valence-corrected chi connectivity index (χ0v) is 16.8. The Morgan fingerprint density at radius 2 is 1.64 bits per heavy atom. The lowest BCUT2D eigenvalue weighted by Crippen LogP contribution is -2.53. The second-order valence-corrected chi connectivity index (χ2v) is 8.02. The highest BCUT2D eigenvalue weighted by atomic mass is 35.5. The van der Waals surface area contributed by atoms with Crippen LogP contribution in [0.1, 0.15) is 35.6 Å². The molecule has 2 aromatic carbocycles. The topological polar surface area (TPSA) is 32.8 Å². The van der Waals surface area contributed by atoms with Crippen LogP contribution >= 0.6 is 12.4 Å². The van der Waals surface area contributed by atoms with Crippen molar-refractivity contribution in [2.24, 2.45) is 5.92 Å². The highest BCUT2D eigenvalue weighted by Gasteiger charge is 2.39. The maximum atomic E-state index is 13.2. The van der Waals surface area contributed by atoms with Gasteiger partial charge in [-0.1, -0.05) is 54.6 Å². The summed E-state index contributed by atoms with van der Waals surface area (Å²) in [7, 11) is 0. The number of ether oxygens (including phenoxy) is 1. The molecular weight excluding hydrogens is 372 g/mol. The first-order valence-corrected chi connectivity index (χ1v) is 10.1. The van der Waals surface area contributed by atoms with Crippen LogP contribution in [0.15, 0.2) is 54.6 Å². The number of rotatable bonds is 2. The van der Waals surface area contributed by atoms with Gasteiger partial charge in [-0.2, -0.15) is 0 Å². The largest absolute Gasteiger partial charge is 0.444 e. The van der Waals surface area contributed by atoms with Crippen molar-refractivity contribution in [3.8, 4) is 0 Å². The first-order chi connectivity index (χ1) is 13.3. The molecule has 4 aliphatic heterocycles. The molecule has 0 spiro atoms. The van der Waals surface area contributed by atoms with Crippen molar-refractivity contribution in [2.75, 3.05) is 26.2 Å². The Balaban J connectivity index is 0.00000192. The highest BCUT2D eigenvalue weighted by molar-refractivity contribution is 5.85. The molecule has 0 N–H and O–H groups in total. The summed E-state index contributed by atoms with van der Waals surface area (Å²) in [6.07, 6.45) is 3.09. The zero-order chi connectivity index (χ0) is 18.2. The molecule has 2 aromatic rings. The van der Waals surface area contributed by atoms with E-state index < -0.39 is 0 Å². The highest BCUT2D eigenvalue weighted by Crippen LogP contribution is 2.36. The molecular formula is C23H27ClN2O2. The van der Waals surface area contributed by atoms with Crippen LogP contribution in [-0.2, 0) is 11.2 Å². The second-order valence-electron chi connectivity index (χ2n) is 8.02. The number of amides is 1. The fourth-order valence-corrected chi connectivity index (χ4v) is 5.00. The molecule has 0 aromatic heterocycles. The van der Waals surface area contributed by atoms with Crippen LogP contribution in [-0.4, -0.2) is 48.2 Å². The van der Waals surface area contributed by atoms with Crippen molar-refractivity contribution in [1.29, 1.82) is 0 Å². The van der Waals surface area contributed by atoms with Crippen LogP contribution in [0.25, 0.3) is 0 Å². The minimum absolute atomic E-state index is 0. The minimum Gasteiger partial charge on any atom is -0.444 e. The number of halogens is 1. The molecule has 2 bridgehead atoms. The summed E-state index contributed by atoms with van der Waals surface area (Å²) in [5.74, 6) is 0.534. The fourth-order valence-electron chi connectivity index (χ4n) is 5.00. The van der Waals surface area contributed by atoms with E-state index in [1.54, 1.807) is 0 Å². The molecule has 1 unspecified atom stereocenters. The van der Waals surface area contributed by atoms with Crippen molar-refractivity contribution in [3.63, 3.8) is 0 Å². The molecule has 4 nitrogen and oxygen atoms in total. The first kappa shape index (κ1) is 19.3. The van der Waals surface area contributed by atoms with Crippen molar-refractivity contribution in [1.82, 2.24) is 9.80 Å². The minimum atomic E-state index is -0.155. The molecule has 0 saturated carbocycles. The van der Waals surface area contributed by atoms with E-state index in [9.17, 15) is 4.79 Å². The molecule has 5 heteroatoms. The van der Waals surface area contributed by atoms with E-state index in [1.807, 2.05) is 23.1 Å². The van der Waals surface area contributed by atoms with Gasteiger partial charge in [-0.3, -0.25) is 9.80 Å². The summed E-state index contributed by atoms with van der Waals surface area (Å²) < 4.78 is 6.08. The number of carbonyl (C=O) groups excluding carboxylic acids is 1. The summed E-state index contributed by atoms with van der Waals surface area (Å²) in [4.78, 5) is 17.6. The Kier molecular flexibility index (Phi) is 5.61. The number of fused-ring (bicyclic) bond motifs is 4. The summed E-state index contributed by atoms with van der Waals surface area (Å²) in [5.41, 5.74) is 3.70. The Morgan fingerprint density at radius 1 is 0.929 bits per heavy atom. The standard InChI is InChI=1S/C23H26N2O2.ClH/c26-23(27-21-16-24-13-10-18(21)11-14-24)25-15-12-17-6-4-5-9-20(17)22(25)19-7-2-1-3-8-19;/h1-9,18,21-22H,10-16H2;1H/t21-,22?;/m0./s1. The predicted octanol–water partition coefficient (Wildman–Crippen LogP) is 4.29. The third-order valence-corrected chi connectivity index (χ3v) is 6.48. The van der Waals surface area contributed by atoms with Gasteiger partial charge in [0.1, 0.15) is 6.10 Å². The Labute approximate surface area is 172 Å². The molecule has 0 aliphatic carbocycles. The van der Waals surface area contributed by atoms with Gasteiger partial charge >= 0.3 is 6.09 Å². The van der Waals surface area contributed by atoms with Gasteiger partial charge in [0.2, 0.25) is 0 Å². The Bertz CT molecular complexity index is 820. The lowest BCUT2D eigenvalue weighted by Gasteiger charge is -2.45. The fraction of sp³-hybridized carbons (Fsp3) is 0.435. The van der Waals surface area contributed by atoms with Crippen LogP contribution in [0.2, 0.25) is 0 Å². The van der Waals surface area contributed by atoms with Gasteiger partial charge in [0.05, 0.1) is 6.04 Å². The molecule has 3 fully saturated rings. The van der Waals surface area contributed by atoms with Crippen molar-refractivity contribution < 1.29 is 9.53 Å². The average molecular weight is 399 g/mol. The first-order valence-electron chi connectivity index (χ1n) is 10.1. The zero-order valence-electron chi connectivity index (χ0n) is 16.0. The SMILES string of the molecule is Cl.O=C(O[C@H]1CN2CCC1CC2)N1CCc2ccccc2C1c1ccccc1. The van der Waals surface area contributed by atoms with Gasteiger partial charge < -0.3 is 4.74 Å². The summed E-state index contributed by atoms with van der Waals surface area (Å²) >= 11 is 0. The quantitative estimate of drug-likeness (QED) is 0.756. The molecule has 3 saturated heterocycles. The summed E-state index contributed by atoms with van der Waals surface area (Å²) in [5, 5.41) is 0. The van der Waals surface area contributed by atoms with Crippen LogP contribution in [0, 0.1) is 5.92 Å². The predicted molar refractivity (Wildman–Crippen MR) is 112 cm³/mol. The van der Waals surface area contributed by atoms with Gasteiger partial charge in [-0.25, -0.2) is 4.79 Å². The van der Waals surface area contributed by atoms with Gasteiger partial charge in [0, 0.05) is 13.1 Å². The monoisotopic (exact) mass is 398 g/mol. The van der Waals surface area contributed by atoms with Crippen LogP contribution in [0.4, 0.5) is 4.79 Å². The van der Waals surface area contributed by atoms with E-state index in [0.29, 0.717) is 12.5 Å². The van der Waals surface area contributed by atoms with E-state index in [0.717, 1.165) is 44.5 Å². The third kappa shape index (κ3) is 3.51. The van der Waals surface area contributed by atoms with Crippen molar-refractivity contribution >= 4 is 18.5 Å². The van der Waals surface area contributed by atoms with Crippen LogP contribution in [0.5, 0.6) is 0 Å². The molecule has 2 atom stereocenters. The second kappa shape index (κ2) is 8.14. The van der Waals surface area contributed by atoms with E-state index in [1.165, 1.54) is 11.1 Å². The van der Waals surface area contributed by atoms with E-state index >= 15 is 0 Å².